The number of pyridine rings is 1. The number of fused-ring (bicyclic) bond motifs is 1. The molecule has 0 aliphatic carbocycles. The highest BCUT2D eigenvalue weighted by Gasteiger charge is 2.34. The van der Waals surface area contributed by atoms with Gasteiger partial charge in [0.05, 0.1) is 17.3 Å². The van der Waals surface area contributed by atoms with E-state index in [4.69, 9.17) is 0 Å². The highest BCUT2D eigenvalue weighted by Crippen LogP contribution is 2.34. The highest BCUT2D eigenvalue weighted by atomic mass is 19.4. The third-order valence-electron chi connectivity index (χ3n) is 2.97. The van der Waals surface area contributed by atoms with Crippen LogP contribution in [-0.4, -0.2) is 15.0 Å². The van der Waals surface area contributed by atoms with E-state index in [0.29, 0.717) is 22.7 Å². The highest BCUT2D eigenvalue weighted by molar-refractivity contribution is 5.90. The van der Waals surface area contributed by atoms with Gasteiger partial charge in [-0.1, -0.05) is 6.07 Å². The van der Waals surface area contributed by atoms with Gasteiger partial charge in [-0.25, -0.2) is 4.39 Å². The van der Waals surface area contributed by atoms with Crippen LogP contribution in [0, 0.1) is 5.82 Å². The summed E-state index contributed by atoms with van der Waals surface area (Å²) in [7, 11) is 0. The van der Waals surface area contributed by atoms with Crippen LogP contribution in [0.5, 0.6) is 0 Å². The van der Waals surface area contributed by atoms with Crippen molar-refractivity contribution >= 4 is 11.0 Å². The van der Waals surface area contributed by atoms with E-state index in [1.807, 2.05) is 0 Å². The quantitative estimate of drug-likeness (QED) is 0.640. The number of alkyl halides is 3. The maximum atomic E-state index is 13.7. The summed E-state index contributed by atoms with van der Waals surface area (Å²) in [4.78, 5) is 12.1. The van der Waals surface area contributed by atoms with Crippen LogP contribution in [0.2, 0.25) is 0 Å². The Bertz CT molecular complexity index is 809. The van der Waals surface area contributed by atoms with E-state index < -0.39 is 17.6 Å². The van der Waals surface area contributed by atoms with Crippen molar-refractivity contribution in [3.63, 3.8) is 0 Å². The van der Waals surface area contributed by atoms with Crippen molar-refractivity contribution in [1.82, 2.24) is 15.0 Å². The Hall–Kier alpha value is -2.57. The van der Waals surface area contributed by atoms with Gasteiger partial charge in [0.2, 0.25) is 0 Å². The fraction of sp³-hybridized carbons (Fsp3) is 0.0714. The third-order valence-corrected chi connectivity index (χ3v) is 2.97. The van der Waals surface area contributed by atoms with Crippen molar-refractivity contribution in [3.8, 4) is 11.1 Å². The first kappa shape index (κ1) is 13.4. The monoisotopic (exact) mass is 293 g/mol. The average molecular weight is 293 g/mol. The molecule has 0 aliphatic heterocycles. The van der Waals surface area contributed by atoms with Crippen LogP contribution in [-0.2, 0) is 6.18 Å². The number of halogens is 4. The van der Waals surface area contributed by atoms with E-state index in [1.54, 1.807) is 0 Å². The minimum Gasteiger partial charge on any atom is -0.262 e. The maximum Gasteiger partial charge on any atom is 0.419 e. The Balaban J connectivity index is 2.18. The molecule has 1 aromatic carbocycles. The molecule has 0 radical (unpaired) electrons. The molecule has 0 atom stereocenters. The van der Waals surface area contributed by atoms with Crippen molar-refractivity contribution in [1.29, 1.82) is 0 Å². The van der Waals surface area contributed by atoms with Gasteiger partial charge in [0.15, 0.2) is 0 Å². The van der Waals surface area contributed by atoms with Gasteiger partial charge >= 0.3 is 6.18 Å². The van der Waals surface area contributed by atoms with Crippen molar-refractivity contribution in [3.05, 3.63) is 54.4 Å². The van der Waals surface area contributed by atoms with Gasteiger partial charge in [-0.15, -0.1) is 0 Å². The van der Waals surface area contributed by atoms with E-state index >= 15 is 0 Å². The lowest BCUT2D eigenvalue weighted by atomic mass is 10.0. The normalized spacial score (nSPS) is 11.8. The van der Waals surface area contributed by atoms with Crippen LogP contribution in [0.3, 0.4) is 0 Å². The van der Waals surface area contributed by atoms with Crippen molar-refractivity contribution < 1.29 is 17.6 Å². The number of rotatable bonds is 1. The topological polar surface area (TPSA) is 38.7 Å². The Labute approximate surface area is 116 Å². The fourth-order valence-corrected chi connectivity index (χ4v) is 2.02. The van der Waals surface area contributed by atoms with Crippen molar-refractivity contribution in [2.45, 2.75) is 6.18 Å². The summed E-state index contributed by atoms with van der Waals surface area (Å²) in [6, 6.07) is 2.73. The van der Waals surface area contributed by atoms with E-state index in [-0.39, 0.29) is 5.56 Å². The van der Waals surface area contributed by atoms with Gasteiger partial charge in [0, 0.05) is 24.2 Å². The van der Waals surface area contributed by atoms with Gasteiger partial charge in [0.25, 0.3) is 0 Å². The molecule has 0 amide bonds. The van der Waals surface area contributed by atoms with Crippen LogP contribution in [0.25, 0.3) is 22.2 Å². The van der Waals surface area contributed by atoms with Gasteiger partial charge in [-0.2, -0.15) is 13.2 Å². The van der Waals surface area contributed by atoms with Gasteiger partial charge in [-0.3, -0.25) is 15.0 Å². The lowest BCUT2D eigenvalue weighted by Gasteiger charge is -2.10. The molecule has 0 saturated heterocycles. The fourth-order valence-electron chi connectivity index (χ4n) is 2.02. The molecule has 0 spiro atoms. The molecular formula is C14H7F4N3. The standard InChI is InChI=1S/C14H7F4N3/c15-11-5-8(1-2-10(11)14(16,17)18)9-6-19-7-12-13(9)21-4-3-20-12/h1-7H. The second-order valence-corrected chi connectivity index (χ2v) is 4.30. The third kappa shape index (κ3) is 2.42. The number of nitrogens with zero attached hydrogens (tertiary/aromatic N) is 3. The summed E-state index contributed by atoms with van der Waals surface area (Å²) in [6.45, 7) is 0. The van der Waals surface area contributed by atoms with E-state index in [2.05, 4.69) is 15.0 Å². The molecular weight excluding hydrogens is 286 g/mol. The Morgan fingerprint density at radius 3 is 2.43 bits per heavy atom. The van der Waals surface area contributed by atoms with Gasteiger partial charge in [0.1, 0.15) is 11.3 Å². The summed E-state index contributed by atoms with van der Waals surface area (Å²) < 4.78 is 51.3. The number of hydrogen-bond donors (Lipinski definition) is 0. The first-order chi connectivity index (χ1) is 9.97. The average Bonchev–Trinajstić information content (AvgIpc) is 2.45. The predicted molar refractivity (Wildman–Crippen MR) is 67.7 cm³/mol. The Morgan fingerprint density at radius 2 is 1.71 bits per heavy atom. The van der Waals surface area contributed by atoms with Crippen LogP contribution in [0.4, 0.5) is 17.6 Å². The lowest BCUT2D eigenvalue weighted by Crippen LogP contribution is -2.07. The Morgan fingerprint density at radius 1 is 0.952 bits per heavy atom. The largest absolute Gasteiger partial charge is 0.419 e. The van der Waals surface area contributed by atoms with Crippen LogP contribution in [0.1, 0.15) is 5.56 Å². The van der Waals surface area contributed by atoms with E-state index in [1.165, 1.54) is 30.9 Å². The molecule has 0 unspecified atom stereocenters. The van der Waals surface area contributed by atoms with E-state index in [0.717, 1.165) is 6.07 Å². The van der Waals surface area contributed by atoms with Crippen LogP contribution >= 0.6 is 0 Å². The summed E-state index contributed by atoms with van der Waals surface area (Å²) >= 11 is 0. The molecule has 106 valence electrons. The second-order valence-electron chi connectivity index (χ2n) is 4.30. The zero-order valence-corrected chi connectivity index (χ0v) is 10.4. The van der Waals surface area contributed by atoms with Gasteiger partial charge in [-0.05, 0) is 17.7 Å². The predicted octanol–water partition coefficient (Wildman–Crippen LogP) is 3.85. The number of benzene rings is 1. The molecule has 0 saturated carbocycles. The van der Waals surface area contributed by atoms with Crippen LogP contribution < -0.4 is 0 Å². The molecule has 0 bridgehead atoms. The van der Waals surface area contributed by atoms with Crippen molar-refractivity contribution in [2.75, 3.05) is 0 Å². The minimum absolute atomic E-state index is 0.263. The Kier molecular flexibility index (Phi) is 3.04. The summed E-state index contributed by atoms with van der Waals surface area (Å²) in [5.74, 6) is -1.33. The van der Waals surface area contributed by atoms with E-state index in [9.17, 15) is 17.6 Å². The maximum absolute atomic E-state index is 13.7. The molecule has 7 heteroatoms. The SMILES string of the molecule is Fc1cc(-c2cncc3nccnc23)ccc1C(F)(F)F. The number of hydrogen-bond acceptors (Lipinski definition) is 3. The number of aromatic nitrogens is 3. The molecule has 3 aromatic rings. The first-order valence-corrected chi connectivity index (χ1v) is 5.88. The smallest absolute Gasteiger partial charge is 0.262 e. The molecule has 2 aromatic heterocycles. The summed E-state index contributed by atoms with van der Waals surface area (Å²) in [5.41, 5.74) is 0.319. The molecule has 2 heterocycles. The molecule has 0 N–H and O–H groups in total. The molecule has 0 aliphatic rings. The first-order valence-electron chi connectivity index (χ1n) is 5.88. The molecule has 3 rings (SSSR count). The molecule has 3 nitrogen and oxygen atoms in total. The zero-order chi connectivity index (χ0) is 15.0. The molecule has 21 heavy (non-hydrogen) atoms. The van der Waals surface area contributed by atoms with Crippen LogP contribution in [0.15, 0.2) is 43.0 Å². The molecule has 0 fully saturated rings. The lowest BCUT2D eigenvalue weighted by molar-refractivity contribution is -0.139. The zero-order valence-electron chi connectivity index (χ0n) is 10.4. The summed E-state index contributed by atoms with van der Waals surface area (Å²) in [5, 5.41) is 0. The summed E-state index contributed by atoms with van der Waals surface area (Å²) in [6.07, 6.45) is 1.10. The second kappa shape index (κ2) is 4.76. The van der Waals surface area contributed by atoms with Gasteiger partial charge < -0.3 is 0 Å². The minimum atomic E-state index is -4.72. The van der Waals surface area contributed by atoms with Crippen molar-refractivity contribution in [2.24, 2.45) is 0 Å².